The summed E-state index contributed by atoms with van der Waals surface area (Å²) in [6.45, 7) is 0. The zero-order chi connectivity index (χ0) is 14.4. The van der Waals surface area contributed by atoms with E-state index >= 15 is 0 Å². The van der Waals surface area contributed by atoms with Crippen LogP contribution in [-0.2, 0) is 0 Å². The highest BCUT2D eigenvalue weighted by atomic mass is 16.4. The van der Waals surface area contributed by atoms with Crippen molar-refractivity contribution in [2.45, 2.75) is 0 Å². The lowest BCUT2D eigenvalue weighted by Gasteiger charge is -2.10. The van der Waals surface area contributed by atoms with Gasteiger partial charge in [0.15, 0.2) is 0 Å². The van der Waals surface area contributed by atoms with Gasteiger partial charge in [-0.3, -0.25) is 0 Å². The summed E-state index contributed by atoms with van der Waals surface area (Å²) < 4.78 is 0. The molecular formula is C19H12O2. The summed E-state index contributed by atoms with van der Waals surface area (Å²) in [6.07, 6.45) is 0. The predicted molar refractivity (Wildman–Crippen MR) is 85.9 cm³/mol. The molecule has 0 atom stereocenters. The number of carboxylic acid groups (broad SMARTS) is 1. The zero-order valence-corrected chi connectivity index (χ0v) is 11.2. The normalized spacial score (nSPS) is 11.2. The number of benzene rings is 4. The molecule has 0 radical (unpaired) electrons. The van der Waals surface area contributed by atoms with Crippen molar-refractivity contribution >= 4 is 38.3 Å². The Morgan fingerprint density at radius 2 is 1.38 bits per heavy atom. The van der Waals surface area contributed by atoms with Crippen molar-refractivity contribution in [1.82, 2.24) is 0 Å². The van der Waals surface area contributed by atoms with Crippen LogP contribution in [0.4, 0.5) is 0 Å². The van der Waals surface area contributed by atoms with E-state index in [1.807, 2.05) is 54.6 Å². The first-order valence-electron chi connectivity index (χ1n) is 6.82. The fraction of sp³-hybridized carbons (Fsp3) is 0. The lowest BCUT2D eigenvalue weighted by Crippen LogP contribution is -1.98. The second-order valence-corrected chi connectivity index (χ2v) is 5.16. The molecule has 100 valence electrons. The van der Waals surface area contributed by atoms with Gasteiger partial charge in [0, 0.05) is 5.39 Å². The molecule has 0 bridgehead atoms. The molecule has 0 aliphatic rings. The molecule has 4 aromatic carbocycles. The number of fused-ring (bicyclic) bond motifs is 5. The Labute approximate surface area is 121 Å². The topological polar surface area (TPSA) is 37.3 Å². The van der Waals surface area contributed by atoms with Crippen LogP contribution in [0, 0.1) is 0 Å². The molecule has 4 rings (SSSR count). The Morgan fingerprint density at radius 3 is 2.14 bits per heavy atom. The minimum atomic E-state index is -0.887. The molecule has 0 spiro atoms. The number of hydrogen-bond acceptors (Lipinski definition) is 1. The van der Waals surface area contributed by atoms with Crippen LogP contribution in [0.3, 0.4) is 0 Å². The van der Waals surface area contributed by atoms with E-state index in [1.165, 1.54) is 0 Å². The standard InChI is InChI=1S/C19H12O2/c20-19(21)17-11-13-6-2-3-7-14(13)16-10-9-12-5-1-4-8-15(12)18(16)17/h1-11H,(H,20,21). The molecule has 2 heteroatoms. The van der Waals surface area contributed by atoms with Crippen LogP contribution in [0.2, 0.25) is 0 Å². The maximum atomic E-state index is 11.7. The lowest BCUT2D eigenvalue weighted by molar-refractivity contribution is 0.0699. The van der Waals surface area contributed by atoms with Gasteiger partial charge in [-0.1, -0.05) is 60.7 Å². The lowest BCUT2D eigenvalue weighted by atomic mass is 9.93. The van der Waals surface area contributed by atoms with E-state index < -0.39 is 5.97 Å². The molecule has 0 saturated heterocycles. The molecule has 4 aromatic rings. The third-order valence-electron chi connectivity index (χ3n) is 3.98. The zero-order valence-electron chi connectivity index (χ0n) is 11.2. The first-order valence-corrected chi connectivity index (χ1v) is 6.82. The Bertz CT molecular complexity index is 1020. The monoisotopic (exact) mass is 272 g/mol. The molecule has 0 heterocycles. The van der Waals surface area contributed by atoms with E-state index in [0.29, 0.717) is 5.56 Å². The second-order valence-electron chi connectivity index (χ2n) is 5.16. The van der Waals surface area contributed by atoms with E-state index in [-0.39, 0.29) is 0 Å². The van der Waals surface area contributed by atoms with Gasteiger partial charge in [0.2, 0.25) is 0 Å². The minimum absolute atomic E-state index is 0.362. The molecule has 0 aliphatic heterocycles. The Morgan fingerprint density at radius 1 is 0.714 bits per heavy atom. The van der Waals surface area contributed by atoms with E-state index in [4.69, 9.17) is 0 Å². The fourth-order valence-corrected chi connectivity index (χ4v) is 3.05. The van der Waals surface area contributed by atoms with Crippen molar-refractivity contribution < 1.29 is 9.90 Å². The third kappa shape index (κ3) is 1.69. The Kier molecular flexibility index (Phi) is 2.45. The van der Waals surface area contributed by atoms with Crippen molar-refractivity contribution in [3.63, 3.8) is 0 Å². The van der Waals surface area contributed by atoms with E-state index in [9.17, 15) is 9.90 Å². The largest absolute Gasteiger partial charge is 0.478 e. The quantitative estimate of drug-likeness (QED) is 0.503. The van der Waals surface area contributed by atoms with Gasteiger partial charge in [-0.25, -0.2) is 4.79 Å². The Balaban J connectivity index is 2.36. The van der Waals surface area contributed by atoms with E-state index in [2.05, 4.69) is 6.07 Å². The highest BCUT2D eigenvalue weighted by Crippen LogP contribution is 2.34. The summed E-state index contributed by atoms with van der Waals surface area (Å²) in [5.74, 6) is -0.887. The van der Waals surface area contributed by atoms with Crippen LogP contribution < -0.4 is 0 Å². The van der Waals surface area contributed by atoms with Crippen LogP contribution >= 0.6 is 0 Å². The van der Waals surface area contributed by atoms with Gasteiger partial charge < -0.3 is 5.11 Å². The van der Waals surface area contributed by atoms with E-state index in [0.717, 1.165) is 32.3 Å². The van der Waals surface area contributed by atoms with E-state index in [1.54, 1.807) is 6.07 Å². The summed E-state index contributed by atoms with van der Waals surface area (Å²) in [6, 6.07) is 21.7. The predicted octanol–water partition coefficient (Wildman–Crippen LogP) is 4.84. The second kappa shape index (κ2) is 4.32. The molecule has 0 fully saturated rings. The summed E-state index contributed by atoms with van der Waals surface area (Å²) in [5, 5.41) is 15.5. The maximum Gasteiger partial charge on any atom is 0.336 e. The molecule has 0 aliphatic carbocycles. The van der Waals surface area contributed by atoms with Gasteiger partial charge in [-0.2, -0.15) is 0 Å². The molecule has 0 aromatic heterocycles. The summed E-state index contributed by atoms with van der Waals surface area (Å²) >= 11 is 0. The molecular weight excluding hydrogens is 260 g/mol. The Hall–Kier alpha value is -2.87. The van der Waals surface area contributed by atoms with Crippen LogP contribution in [-0.4, -0.2) is 11.1 Å². The number of aromatic carboxylic acids is 1. The smallest absolute Gasteiger partial charge is 0.336 e. The fourth-order valence-electron chi connectivity index (χ4n) is 3.05. The molecule has 0 amide bonds. The third-order valence-corrected chi connectivity index (χ3v) is 3.98. The first kappa shape index (κ1) is 11.9. The first-order chi connectivity index (χ1) is 10.3. The highest BCUT2D eigenvalue weighted by Gasteiger charge is 2.14. The minimum Gasteiger partial charge on any atom is -0.478 e. The van der Waals surface area contributed by atoms with Gasteiger partial charge in [-0.05, 0) is 33.0 Å². The van der Waals surface area contributed by atoms with Crippen molar-refractivity contribution in [3.8, 4) is 0 Å². The summed E-state index contributed by atoms with van der Waals surface area (Å²) in [4.78, 5) is 11.7. The van der Waals surface area contributed by atoms with Gasteiger partial charge in [0.05, 0.1) is 5.56 Å². The summed E-state index contributed by atoms with van der Waals surface area (Å²) in [5.41, 5.74) is 0.362. The molecule has 1 N–H and O–H groups in total. The molecule has 0 saturated carbocycles. The maximum absolute atomic E-state index is 11.7. The van der Waals surface area contributed by atoms with Crippen molar-refractivity contribution in [2.75, 3.05) is 0 Å². The van der Waals surface area contributed by atoms with Crippen LogP contribution in [0.15, 0.2) is 66.7 Å². The number of carboxylic acids is 1. The van der Waals surface area contributed by atoms with Crippen LogP contribution in [0.5, 0.6) is 0 Å². The molecule has 21 heavy (non-hydrogen) atoms. The van der Waals surface area contributed by atoms with Gasteiger partial charge in [0.1, 0.15) is 0 Å². The number of hydrogen-bond donors (Lipinski definition) is 1. The van der Waals surface area contributed by atoms with Crippen molar-refractivity contribution in [1.29, 1.82) is 0 Å². The van der Waals surface area contributed by atoms with Gasteiger partial charge in [-0.15, -0.1) is 0 Å². The van der Waals surface area contributed by atoms with Crippen molar-refractivity contribution in [3.05, 3.63) is 72.3 Å². The van der Waals surface area contributed by atoms with Crippen LogP contribution in [0.1, 0.15) is 10.4 Å². The number of rotatable bonds is 1. The SMILES string of the molecule is O=C(O)c1cc2ccccc2c2ccc3ccccc3c12. The average molecular weight is 272 g/mol. The highest BCUT2D eigenvalue weighted by molar-refractivity contribution is 6.23. The van der Waals surface area contributed by atoms with Gasteiger partial charge in [0.25, 0.3) is 0 Å². The molecule has 2 nitrogen and oxygen atoms in total. The number of carbonyl (C=O) groups is 1. The average Bonchev–Trinajstić information content (AvgIpc) is 2.53. The van der Waals surface area contributed by atoms with Crippen LogP contribution in [0.25, 0.3) is 32.3 Å². The molecule has 0 unspecified atom stereocenters. The summed E-state index contributed by atoms with van der Waals surface area (Å²) in [7, 11) is 0. The van der Waals surface area contributed by atoms with Crippen molar-refractivity contribution in [2.24, 2.45) is 0 Å². The van der Waals surface area contributed by atoms with Gasteiger partial charge >= 0.3 is 5.97 Å².